The van der Waals surface area contributed by atoms with Gasteiger partial charge in [-0.25, -0.2) is 4.98 Å². The van der Waals surface area contributed by atoms with Crippen molar-refractivity contribution >= 4 is 22.7 Å². The van der Waals surface area contributed by atoms with Crippen molar-refractivity contribution in [1.82, 2.24) is 4.98 Å². The third-order valence-corrected chi connectivity index (χ3v) is 4.30. The molecule has 1 unspecified atom stereocenters. The summed E-state index contributed by atoms with van der Waals surface area (Å²) in [5.74, 6) is 0.622. The maximum absolute atomic E-state index is 5.38. The molecule has 2 aromatic rings. The van der Waals surface area contributed by atoms with E-state index in [1.54, 1.807) is 24.6 Å². The third-order valence-electron chi connectivity index (χ3n) is 3.12. The van der Waals surface area contributed by atoms with E-state index in [0.717, 1.165) is 11.4 Å². The fourth-order valence-corrected chi connectivity index (χ4v) is 2.95. The smallest absolute Gasteiger partial charge is 0.239 e. The zero-order chi connectivity index (χ0) is 14.7. The highest BCUT2D eigenvalue weighted by Crippen LogP contribution is 2.35. The zero-order valence-electron chi connectivity index (χ0n) is 12.6. The molecule has 0 aliphatic carbocycles. The summed E-state index contributed by atoms with van der Waals surface area (Å²) in [6.07, 6.45) is 1.76. The molecule has 0 aliphatic heterocycles. The fourth-order valence-electron chi connectivity index (χ4n) is 2.07. The molecule has 0 radical (unpaired) electrons. The number of nitrogens with one attached hydrogen (secondary N) is 1. The molecule has 0 fully saturated rings. The van der Waals surface area contributed by atoms with Crippen LogP contribution in [0.4, 0.5) is 11.4 Å². The average Bonchev–Trinajstić information content (AvgIpc) is 2.85. The topological polar surface area (TPSA) is 37.4 Å². The minimum atomic E-state index is 0.213. The number of hydrogen-bond donors (Lipinski definition) is 1. The molecule has 108 valence electrons. The minimum Gasteiger partial charge on any atom is -0.479 e. The van der Waals surface area contributed by atoms with E-state index in [-0.39, 0.29) is 6.04 Å². The summed E-state index contributed by atoms with van der Waals surface area (Å²) >= 11 is 1.81. The molecule has 0 saturated heterocycles. The number of ether oxygens (including phenoxy) is 1. The van der Waals surface area contributed by atoms with Gasteiger partial charge in [-0.15, -0.1) is 11.3 Å². The van der Waals surface area contributed by atoms with E-state index in [4.69, 9.17) is 4.74 Å². The SMILES string of the molecule is COc1nccc(N(C)C)c1NC(C)c1ccc(C)s1. The summed E-state index contributed by atoms with van der Waals surface area (Å²) < 4.78 is 5.38. The summed E-state index contributed by atoms with van der Waals surface area (Å²) in [6, 6.07) is 6.50. The van der Waals surface area contributed by atoms with Gasteiger partial charge in [-0.05, 0) is 32.0 Å². The van der Waals surface area contributed by atoms with Gasteiger partial charge in [-0.2, -0.15) is 0 Å². The van der Waals surface area contributed by atoms with Crippen molar-refractivity contribution in [3.63, 3.8) is 0 Å². The molecule has 2 aromatic heterocycles. The molecule has 0 bridgehead atoms. The van der Waals surface area contributed by atoms with Crippen molar-refractivity contribution in [3.05, 3.63) is 34.2 Å². The van der Waals surface area contributed by atoms with Crippen molar-refractivity contribution in [2.45, 2.75) is 19.9 Å². The van der Waals surface area contributed by atoms with Crippen molar-refractivity contribution in [2.24, 2.45) is 0 Å². The zero-order valence-corrected chi connectivity index (χ0v) is 13.4. The van der Waals surface area contributed by atoms with E-state index in [0.29, 0.717) is 5.88 Å². The predicted octanol–water partition coefficient (Wildman–Crippen LogP) is 3.70. The number of aromatic nitrogens is 1. The molecule has 0 spiro atoms. The number of aryl methyl sites for hydroxylation is 1. The van der Waals surface area contributed by atoms with Crippen molar-refractivity contribution in [2.75, 3.05) is 31.4 Å². The number of nitrogens with zero attached hydrogens (tertiary/aromatic N) is 2. The molecule has 0 aromatic carbocycles. The van der Waals surface area contributed by atoms with E-state index < -0.39 is 0 Å². The monoisotopic (exact) mass is 291 g/mol. The first kappa shape index (κ1) is 14.7. The van der Waals surface area contributed by atoms with Gasteiger partial charge < -0.3 is 15.0 Å². The normalized spacial score (nSPS) is 12.1. The predicted molar refractivity (Wildman–Crippen MR) is 86.2 cm³/mol. The lowest BCUT2D eigenvalue weighted by Crippen LogP contribution is -2.15. The van der Waals surface area contributed by atoms with Crippen LogP contribution in [0.5, 0.6) is 5.88 Å². The first-order chi connectivity index (χ1) is 9.52. The highest BCUT2D eigenvalue weighted by Gasteiger charge is 2.16. The molecule has 0 amide bonds. The summed E-state index contributed by atoms with van der Waals surface area (Å²) in [5, 5.41) is 3.52. The van der Waals surface area contributed by atoms with Crippen LogP contribution in [0.2, 0.25) is 0 Å². The summed E-state index contributed by atoms with van der Waals surface area (Å²) in [4.78, 5) is 8.96. The standard InChI is InChI=1S/C15H21N3OS/c1-10-6-7-13(20-10)11(2)17-14-12(18(3)4)8-9-16-15(14)19-5/h6-9,11,17H,1-5H3. The Hall–Kier alpha value is -1.75. The maximum Gasteiger partial charge on any atom is 0.239 e. The Bertz CT molecular complexity index is 580. The molecular weight excluding hydrogens is 270 g/mol. The molecule has 5 heteroatoms. The van der Waals surface area contributed by atoms with Crippen LogP contribution in [0.3, 0.4) is 0 Å². The summed E-state index contributed by atoms with van der Waals surface area (Å²) in [7, 11) is 5.67. The van der Waals surface area contributed by atoms with Crippen molar-refractivity contribution in [3.8, 4) is 5.88 Å². The molecule has 2 heterocycles. The quantitative estimate of drug-likeness (QED) is 0.911. The Morgan fingerprint density at radius 1 is 1.30 bits per heavy atom. The van der Waals surface area contributed by atoms with Crippen molar-refractivity contribution in [1.29, 1.82) is 0 Å². The molecule has 2 rings (SSSR count). The van der Waals surface area contributed by atoms with Crippen LogP contribution in [0.1, 0.15) is 22.7 Å². The number of thiophene rings is 1. The van der Waals surface area contributed by atoms with E-state index in [1.165, 1.54) is 9.75 Å². The number of anilines is 2. The van der Waals surface area contributed by atoms with Gasteiger partial charge in [-0.1, -0.05) is 0 Å². The van der Waals surface area contributed by atoms with Gasteiger partial charge in [-0.3, -0.25) is 0 Å². The fraction of sp³-hybridized carbons (Fsp3) is 0.400. The van der Waals surface area contributed by atoms with Gasteiger partial charge in [0.25, 0.3) is 0 Å². The van der Waals surface area contributed by atoms with Gasteiger partial charge in [0.1, 0.15) is 5.69 Å². The molecule has 20 heavy (non-hydrogen) atoms. The van der Waals surface area contributed by atoms with Crippen LogP contribution < -0.4 is 15.0 Å². The second kappa shape index (κ2) is 6.13. The lowest BCUT2D eigenvalue weighted by atomic mass is 10.2. The number of methoxy groups -OCH3 is 1. The molecule has 0 saturated carbocycles. The molecular formula is C15H21N3OS. The Labute approximate surface area is 124 Å². The molecule has 0 aliphatic rings. The Balaban J connectivity index is 2.32. The first-order valence-electron chi connectivity index (χ1n) is 6.56. The van der Waals surface area contributed by atoms with E-state index >= 15 is 0 Å². The molecule has 4 nitrogen and oxygen atoms in total. The van der Waals surface area contributed by atoms with Crippen LogP contribution in [-0.2, 0) is 0 Å². The number of pyridine rings is 1. The largest absolute Gasteiger partial charge is 0.479 e. The van der Waals surface area contributed by atoms with E-state index in [1.807, 2.05) is 20.2 Å². The van der Waals surface area contributed by atoms with Gasteiger partial charge in [0.2, 0.25) is 5.88 Å². The van der Waals surface area contributed by atoms with Crippen LogP contribution >= 0.6 is 11.3 Å². The third kappa shape index (κ3) is 3.04. The average molecular weight is 291 g/mol. The van der Waals surface area contributed by atoms with Crippen LogP contribution in [0, 0.1) is 6.92 Å². The summed E-state index contributed by atoms with van der Waals surface area (Å²) in [5.41, 5.74) is 2.00. The lowest BCUT2D eigenvalue weighted by Gasteiger charge is -2.22. The van der Waals surface area contributed by atoms with Crippen LogP contribution in [-0.4, -0.2) is 26.2 Å². The highest BCUT2D eigenvalue weighted by atomic mass is 32.1. The lowest BCUT2D eigenvalue weighted by molar-refractivity contribution is 0.399. The number of hydrogen-bond acceptors (Lipinski definition) is 5. The Kier molecular flexibility index (Phi) is 4.49. The van der Waals surface area contributed by atoms with Gasteiger partial charge in [0, 0.05) is 30.0 Å². The maximum atomic E-state index is 5.38. The second-order valence-corrected chi connectivity index (χ2v) is 6.24. The van der Waals surface area contributed by atoms with Gasteiger partial charge in [0.15, 0.2) is 0 Å². The Morgan fingerprint density at radius 3 is 2.60 bits per heavy atom. The Morgan fingerprint density at radius 2 is 2.05 bits per heavy atom. The minimum absolute atomic E-state index is 0.213. The molecule has 1 atom stereocenters. The first-order valence-corrected chi connectivity index (χ1v) is 7.37. The number of rotatable bonds is 5. The van der Waals surface area contributed by atoms with Crippen molar-refractivity contribution < 1.29 is 4.74 Å². The molecule has 1 N–H and O–H groups in total. The van der Waals surface area contributed by atoms with Gasteiger partial charge in [0.05, 0.1) is 18.8 Å². The van der Waals surface area contributed by atoms with Crippen LogP contribution in [0.15, 0.2) is 24.4 Å². The van der Waals surface area contributed by atoms with E-state index in [9.17, 15) is 0 Å². The highest BCUT2D eigenvalue weighted by molar-refractivity contribution is 7.12. The van der Waals surface area contributed by atoms with E-state index in [2.05, 4.69) is 41.2 Å². The summed E-state index contributed by atoms with van der Waals surface area (Å²) in [6.45, 7) is 4.27. The van der Waals surface area contributed by atoms with Gasteiger partial charge >= 0.3 is 0 Å². The van der Waals surface area contributed by atoms with Crippen LogP contribution in [0.25, 0.3) is 0 Å². The second-order valence-electron chi connectivity index (χ2n) is 4.92.